The van der Waals surface area contributed by atoms with Crippen molar-refractivity contribution >= 4 is 23.4 Å². The fourth-order valence-electron chi connectivity index (χ4n) is 0.810. The standard InChI is InChI=1S/C8H9ClOS/c1-10-7-4-3-6(9)5-8(7)11-2/h3-5H,1-2H3. The maximum absolute atomic E-state index is 5.78. The van der Waals surface area contributed by atoms with Crippen molar-refractivity contribution < 1.29 is 4.74 Å². The van der Waals surface area contributed by atoms with E-state index in [0.29, 0.717) is 0 Å². The molecule has 0 fully saturated rings. The molecule has 0 spiro atoms. The summed E-state index contributed by atoms with van der Waals surface area (Å²) in [7, 11) is 1.66. The zero-order valence-electron chi connectivity index (χ0n) is 6.43. The van der Waals surface area contributed by atoms with Gasteiger partial charge >= 0.3 is 0 Å². The fraction of sp³-hybridized carbons (Fsp3) is 0.250. The van der Waals surface area contributed by atoms with Crippen LogP contribution in [0, 0.1) is 0 Å². The third kappa shape index (κ3) is 2.04. The van der Waals surface area contributed by atoms with E-state index in [2.05, 4.69) is 0 Å². The normalized spacial score (nSPS) is 9.73. The second-order valence-electron chi connectivity index (χ2n) is 2.00. The molecule has 0 N–H and O–H groups in total. The lowest BCUT2D eigenvalue weighted by Gasteiger charge is -2.04. The van der Waals surface area contributed by atoms with Crippen molar-refractivity contribution in [3.05, 3.63) is 23.2 Å². The number of hydrogen-bond acceptors (Lipinski definition) is 2. The summed E-state index contributed by atoms with van der Waals surface area (Å²) < 4.78 is 5.11. The second kappa shape index (κ2) is 3.88. The Hall–Kier alpha value is -0.340. The average Bonchev–Trinajstić information content (AvgIpc) is 2.04. The zero-order chi connectivity index (χ0) is 8.27. The molecular weight excluding hydrogens is 180 g/mol. The molecule has 1 nitrogen and oxygen atoms in total. The van der Waals surface area contributed by atoms with Gasteiger partial charge in [0.15, 0.2) is 0 Å². The average molecular weight is 189 g/mol. The quantitative estimate of drug-likeness (QED) is 0.660. The summed E-state index contributed by atoms with van der Waals surface area (Å²) in [6.07, 6.45) is 1.99. The molecule has 0 aliphatic carbocycles. The van der Waals surface area contributed by atoms with Crippen LogP contribution in [-0.2, 0) is 0 Å². The molecule has 11 heavy (non-hydrogen) atoms. The molecule has 0 aliphatic heterocycles. The lowest BCUT2D eigenvalue weighted by atomic mass is 10.3. The molecule has 0 saturated carbocycles. The molecule has 60 valence electrons. The number of hydrogen-bond donors (Lipinski definition) is 0. The van der Waals surface area contributed by atoms with Gasteiger partial charge in [-0.05, 0) is 24.5 Å². The van der Waals surface area contributed by atoms with E-state index >= 15 is 0 Å². The van der Waals surface area contributed by atoms with Gasteiger partial charge in [0.25, 0.3) is 0 Å². The van der Waals surface area contributed by atoms with Crippen LogP contribution in [0.1, 0.15) is 0 Å². The molecule has 0 saturated heterocycles. The van der Waals surface area contributed by atoms with Crippen molar-refractivity contribution in [1.82, 2.24) is 0 Å². The zero-order valence-corrected chi connectivity index (χ0v) is 8.00. The topological polar surface area (TPSA) is 9.23 Å². The predicted octanol–water partition coefficient (Wildman–Crippen LogP) is 3.07. The summed E-state index contributed by atoms with van der Waals surface area (Å²) in [6, 6.07) is 5.58. The Labute approximate surface area is 75.7 Å². The molecule has 1 aromatic carbocycles. The van der Waals surface area contributed by atoms with E-state index in [1.807, 2.05) is 24.5 Å². The van der Waals surface area contributed by atoms with Crippen LogP contribution in [0.2, 0.25) is 5.02 Å². The summed E-state index contributed by atoms with van der Waals surface area (Å²) in [6.45, 7) is 0. The van der Waals surface area contributed by atoms with Crippen LogP contribution >= 0.6 is 23.4 Å². The third-order valence-electron chi connectivity index (χ3n) is 1.35. The third-order valence-corrected chi connectivity index (χ3v) is 2.34. The largest absolute Gasteiger partial charge is 0.496 e. The van der Waals surface area contributed by atoms with E-state index in [-0.39, 0.29) is 0 Å². The Morgan fingerprint density at radius 1 is 1.45 bits per heavy atom. The summed E-state index contributed by atoms with van der Waals surface area (Å²) in [5.41, 5.74) is 0. The minimum absolute atomic E-state index is 0.746. The number of rotatable bonds is 2. The van der Waals surface area contributed by atoms with Crippen LogP contribution in [0.5, 0.6) is 5.75 Å². The molecule has 0 aliphatic rings. The van der Waals surface area contributed by atoms with Crippen molar-refractivity contribution in [2.24, 2.45) is 0 Å². The number of benzene rings is 1. The van der Waals surface area contributed by atoms with Crippen molar-refractivity contribution in [3.63, 3.8) is 0 Å². The monoisotopic (exact) mass is 188 g/mol. The molecule has 0 unspecified atom stereocenters. The number of methoxy groups -OCH3 is 1. The van der Waals surface area contributed by atoms with Crippen LogP contribution in [-0.4, -0.2) is 13.4 Å². The van der Waals surface area contributed by atoms with Crippen molar-refractivity contribution in [2.45, 2.75) is 4.90 Å². The summed E-state index contributed by atoms with van der Waals surface area (Å²) >= 11 is 7.41. The maximum atomic E-state index is 5.78. The van der Waals surface area contributed by atoms with Gasteiger partial charge in [-0.2, -0.15) is 0 Å². The SMILES string of the molecule is COc1ccc(Cl)cc1SC. The van der Waals surface area contributed by atoms with E-state index in [0.717, 1.165) is 15.7 Å². The molecule has 1 aromatic rings. The lowest BCUT2D eigenvalue weighted by Crippen LogP contribution is -1.84. The van der Waals surface area contributed by atoms with Crippen molar-refractivity contribution in [1.29, 1.82) is 0 Å². The van der Waals surface area contributed by atoms with Gasteiger partial charge in [0.2, 0.25) is 0 Å². The number of halogens is 1. The first-order valence-electron chi connectivity index (χ1n) is 3.15. The molecular formula is C8H9ClOS. The number of thioether (sulfide) groups is 1. The molecule has 0 radical (unpaired) electrons. The van der Waals surface area contributed by atoms with E-state index < -0.39 is 0 Å². The van der Waals surface area contributed by atoms with Gasteiger partial charge in [-0.25, -0.2) is 0 Å². The van der Waals surface area contributed by atoms with Gasteiger partial charge in [0.05, 0.1) is 12.0 Å². The van der Waals surface area contributed by atoms with Crippen LogP contribution in [0.15, 0.2) is 23.1 Å². The number of ether oxygens (including phenoxy) is 1. The van der Waals surface area contributed by atoms with Crippen LogP contribution in [0.25, 0.3) is 0 Å². The van der Waals surface area contributed by atoms with Gasteiger partial charge < -0.3 is 4.74 Å². The summed E-state index contributed by atoms with van der Waals surface area (Å²) in [4.78, 5) is 1.07. The molecule has 3 heteroatoms. The first kappa shape index (κ1) is 8.75. The highest BCUT2D eigenvalue weighted by atomic mass is 35.5. The fourth-order valence-corrected chi connectivity index (χ4v) is 1.64. The molecule has 0 atom stereocenters. The van der Waals surface area contributed by atoms with Gasteiger partial charge in [-0.1, -0.05) is 11.6 Å². The maximum Gasteiger partial charge on any atom is 0.132 e. The molecule has 0 heterocycles. The van der Waals surface area contributed by atoms with Crippen molar-refractivity contribution in [2.75, 3.05) is 13.4 Å². The summed E-state index contributed by atoms with van der Waals surface area (Å²) in [5, 5.41) is 0.746. The van der Waals surface area contributed by atoms with Gasteiger partial charge in [0, 0.05) is 5.02 Å². The molecule has 0 amide bonds. The van der Waals surface area contributed by atoms with Gasteiger partial charge in [-0.15, -0.1) is 11.8 Å². The van der Waals surface area contributed by atoms with E-state index in [4.69, 9.17) is 16.3 Å². The highest BCUT2D eigenvalue weighted by Gasteiger charge is 2.00. The Morgan fingerprint density at radius 2 is 2.18 bits per heavy atom. The minimum atomic E-state index is 0.746. The molecule has 1 rings (SSSR count). The van der Waals surface area contributed by atoms with Crippen LogP contribution < -0.4 is 4.74 Å². The second-order valence-corrected chi connectivity index (χ2v) is 3.28. The lowest BCUT2D eigenvalue weighted by molar-refractivity contribution is 0.405. The first-order valence-corrected chi connectivity index (χ1v) is 4.75. The highest BCUT2D eigenvalue weighted by molar-refractivity contribution is 7.98. The minimum Gasteiger partial charge on any atom is -0.496 e. The van der Waals surface area contributed by atoms with E-state index in [1.54, 1.807) is 18.9 Å². The summed E-state index contributed by atoms with van der Waals surface area (Å²) in [5.74, 6) is 0.877. The van der Waals surface area contributed by atoms with E-state index in [1.165, 1.54) is 0 Å². The predicted molar refractivity (Wildman–Crippen MR) is 49.8 cm³/mol. The van der Waals surface area contributed by atoms with E-state index in [9.17, 15) is 0 Å². The Bertz CT molecular complexity index is 250. The van der Waals surface area contributed by atoms with Crippen molar-refractivity contribution in [3.8, 4) is 5.75 Å². The van der Waals surface area contributed by atoms with Crippen LogP contribution in [0.3, 0.4) is 0 Å². The Kier molecular flexibility index (Phi) is 3.09. The van der Waals surface area contributed by atoms with Gasteiger partial charge in [0.1, 0.15) is 5.75 Å². The molecule has 0 aromatic heterocycles. The highest BCUT2D eigenvalue weighted by Crippen LogP contribution is 2.29. The smallest absolute Gasteiger partial charge is 0.132 e. The van der Waals surface area contributed by atoms with Crippen LogP contribution in [0.4, 0.5) is 0 Å². The first-order chi connectivity index (χ1) is 5.27. The van der Waals surface area contributed by atoms with Gasteiger partial charge in [-0.3, -0.25) is 0 Å². The molecule has 0 bridgehead atoms. The Balaban J connectivity index is 3.06. The Morgan fingerprint density at radius 3 is 2.73 bits per heavy atom.